The second-order valence-electron chi connectivity index (χ2n) is 7.51. The first kappa shape index (κ1) is 24.8. The summed E-state index contributed by atoms with van der Waals surface area (Å²) in [6.07, 6.45) is 0. The van der Waals surface area contributed by atoms with E-state index < -0.39 is 10.0 Å². The summed E-state index contributed by atoms with van der Waals surface area (Å²) in [5, 5.41) is 0.201. The van der Waals surface area contributed by atoms with Gasteiger partial charge in [0.2, 0.25) is 15.9 Å². The summed E-state index contributed by atoms with van der Waals surface area (Å²) in [6.45, 7) is 2.68. The Labute approximate surface area is 200 Å². The molecule has 0 aliphatic rings. The van der Waals surface area contributed by atoms with Crippen LogP contribution in [0.1, 0.15) is 18.1 Å². The smallest absolute Gasteiger partial charge is 0.243 e. The molecule has 0 bridgehead atoms. The highest BCUT2D eigenvalue weighted by molar-refractivity contribution is 7.89. The van der Waals surface area contributed by atoms with Crippen LogP contribution in [-0.2, 0) is 27.9 Å². The molecule has 0 aromatic heterocycles. The van der Waals surface area contributed by atoms with Gasteiger partial charge in [0, 0.05) is 20.1 Å². The zero-order valence-electron chi connectivity index (χ0n) is 18.6. The van der Waals surface area contributed by atoms with Crippen LogP contribution in [0.4, 0.5) is 0 Å². The molecule has 33 heavy (non-hydrogen) atoms. The molecule has 0 unspecified atom stereocenters. The Morgan fingerprint density at radius 3 is 1.94 bits per heavy atom. The number of likely N-dealkylation sites (N-methyl/N-ethyl adjacent to an activating group) is 1. The van der Waals surface area contributed by atoms with Crippen molar-refractivity contribution in [3.8, 4) is 5.75 Å². The van der Waals surface area contributed by atoms with Gasteiger partial charge in [-0.05, 0) is 36.2 Å². The lowest BCUT2D eigenvalue weighted by atomic mass is 10.1. The fourth-order valence-corrected chi connectivity index (χ4v) is 4.76. The predicted molar refractivity (Wildman–Crippen MR) is 130 cm³/mol. The molecular weight excluding hydrogens is 460 g/mol. The van der Waals surface area contributed by atoms with Crippen molar-refractivity contribution in [2.45, 2.75) is 24.9 Å². The van der Waals surface area contributed by atoms with E-state index in [9.17, 15) is 13.2 Å². The van der Waals surface area contributed by atoms with Crippen molar-refractivity contribution in [2.75, 3.05) is 20.2 Å². The van der Waals surface area contributed by atoms with Crippen molar-refractivity contribution in [2.24, 2.45) is 0 Å². The van der Waals surface area contributed by atoms with Gasteiger partial charge in [0.05, 0.1) is 23.1 Å². The Morgan fingerprint density at radius 2 is 1.45 bits per heavy atom. The normalized spacial score (nSPS) is 11.4. The Morgan fingerprint density at radius 1 is 0.909 bits per heavy atom. The lowest BCUT2D eigenvalue weighted by Crippen LogP contribution is -2.40. The fraction of sp³-hybridized carbons (Fsp3) is 0.240. The van der Waals surface area contributed by atoms with Crippen LogP contribution >= 0.6 is 11.6 Å². The highest BCUT2D eigenvalue weighted by atomic mass is 35.5. The van der Waals surface area contributed by atoms with Crippen molar-refractivity contribution >= 4 is 27.5 Å². The number of sulfonamides is 1. The zero-order chi connectivity index (χ0) is 23.8. The zero-order valence-corrected chi connectivity index (χ0v) is 20.2. The minimum Gasteiger partial charge on any atom is -0.492 e. The molecule has 0 fully saturated rings. The molecule has 0 aliphatic heterocycles. The van der Waals surface area contributed by atoms with E-state index >= 15 is 0 Å². The van der Waals surface area contributed by atoms with E-state index in [1.54, 1.807) is 4.90 Å². The van der Waals surface area contributed by atoms with E-state index in [2.05, 4.69) is 0 Å². The summed E-state index contributed by atoms with van der Waals surface area (Å²) in [5.41, 5.74) is 1.93. The minimum absolute atomic E-state index is 0.00363. The monoisotopic (exact) mass is 486 g/mol. The predicted octanol–water partition coefficient (Wildman–Crippen LogP) is 4.59. The summed E-state index contributed by atoms with van der Waals surface area (Å²) in [5.74, 6) is 0.111. The van der Waals surface area contributed by atoms with Crippen LogP contribution in [0.15, 0.2) is 83.8 Å². The second-order valence-corrected chi connectivity index (χ2v) is 9.96. The third-order valence-electron chi connectivity index (χ3n) is 5.05. The van der Waals surface area contributed by atoms with Gasteiger partial charge in [0.15, 0.2) is 0 Å². The summed E-state index contributed by atoms with van der Waals surface area (Å²) < 4.78 is 32.6. The molecule has 3 aromatic carbocycles. The molecule has 0 N–H and O–H groups in total. The standard InChI is InChI=1S/C25H27ClN2O4S/c1-3-32-24-15-14-22(16-23(24)26)33(30,31)27(2)19-25(29)28(17-20-10-6-4-7-11-20)18-21-12-8-5-9-13-21/h4-16H,3,17-19H2,1-2H3. The van der Waals surface area contributed by atoms with Crippen LogP contribution in [0.25, 0.3) is 0 Å². The molecule has 174 valence electrons. The number of carbonyl (C=O) groups excluding carboxylic acids is 1. The van der Waals surface area contributed by atoms with Crippen molar-refractivity contribution in [3.63, 3.8) is 0 Å². The molecule has 0 atom stereocenters. The van der Waals surface area contributed by atoms with E-state index in [1.165, 1.54) is 25.2 Å². The molecular formula is C25H27ClN2O4S. The van der Waals surface area contributed by atoms with Gasteiger partial charge in [-0.1, -0.05) is 72.3 Å². The van der Waals surface area contributed by atoms with Gasteiger partial charge in [0.25, 0.3) is 0 Å². The quantitative estimate of drug-likeness (QED) is 0.420. The van der Waals surface area contributed by atoms with Crippen molar-refractivity contribution in [1.29, 1.82) is 0 Å². The molecule has 3 aromatic rings. The van der Waals surface area contributed by atoms with Crippen LogP contribution in [0.2, 0.25) is 5.02 Å². The topological polar surface area (TPSA) is 66.9 Å². The first-order chi connectivity index (χ1) is 15.8. The van der Waals surface area contributed by atoms with Crippen LogP contribution in [-0.4, -0.2) is 43.7 Å². The van der Waals surface area contributed by atoms with Crippen LogP contribution in [0.5, 0.6) is 5.75 Å². The van der Waals surface area contributed by atoms with Gasteiger partial charge in [-0.15, -0.1) is 0 Å². The number of carbonyl (C=O) groups is 1. The molecule has 0 spiro atoms. The van der Waals surface area contributed by atoms with E-state index in [1.807, 2.05) is 67.6 Å². The second kappa shape index (κ2) is 11.3. The molecule has 0 aliphatic carbocycles. The molecule has 0 saturated carbocycles. The SMILES string of the molecule is CCOc1ccc(S(=O)(=O)N(C)CC(=O)N(Cc2ccccc2)Cc2ccccc2)cc1Cl. The Balaban J connectivity index is 1.79. The maximum Gasteiger partial charge on any atom is 0.243 e. The average Bonchev–Trinajstić information content (AvgIpc) is 2.81. The summed E-state index contributed by atoms with van der Waals surface area (Å²) >= 11 is 6.17. The summed E-state index contributed by atoms with van der Waals surface area (Å²) in [6, 6.07) is 23.5. The largest absolute Gasteiger partial charge is 0.492 e. The van der Waals surface area contributed by atoms with E-state index in [4.69, 9.17) is 16.3 Å². The molecule has 3 rings (SSSR count). The first-order valence-corrected chi connectivity index (χ1v) is 12.4. The van der Waals surface area contributed by atoms with E-state index in [-0.39, 0.29) is 22.4 Å². The van der Waals surface area contributed by atoms with E-state index in [0.717, 1.165) is 15.4 Å². The number of benzene rings is 3. The Bertz CT molecular complexity index is 1130. The van der Waals surface area contributed by atoms with Gasteiger partial charge < -0.3 is 9.64 Å². The third-order valence-corrected chi connectivity index (χ3v) is 7.15. The fourth-order valence-electron chi connectivity index (χ4n) is 3.31. The van der Waals surface area contributed by atoms with Gasteiger partial charge in [-0.2, -0.15) is 4.31 Å². The van der Waals surface area contributed by atoms with Crippen LogP contribution in [0, 0.1) is 0 Å². The number of ether oxygens (including phenoxy) is 1. The minimum atomic E-state index is -3.92. The highest BCUT2D eigenvalue weighted by Crippen LogP contribution is 2.28. The number of hydrogen-bond donors (Lipinski definition) is 0. The van der Waals surface area contributed by atoms with Gasteiger partial charge in [0.1, 0.15) is 5.75 Å². The molecule has 0 heterocycles. The number of nitrogens with zero attached hydrogens (tertiary/aromatic N) is 2. The van der Waals surface area contributed by atoms with Crippen LogP contribution in [0.3, 0.4) is 0 Å². The Hall–Kier alpha value is -2.87. The van der Waals surface area contributed by atoms with Crippen molar-refractivity contribution < 1.29 is 17.9 Å². The average molecular weight is 487 g/mol. The first-order valence-electron chi connectivity index (χ1n) is 10.6. The summed E-state index contributed by atoms with van der Waals surface area (Å²) in [7, 11) is -2.53. The number of hydrogen-bond acceptors (Lipinski definition) is 4. The number of rotatable bonds is 10. The van der Waals surface area contributed by atoms with E-state index in [0.29, 0.717) is 25.4 Å². The molecule has 1 amide bonds. The van der Waals surface area contributed by atoms with Crippen molar-refractivity contribution in [3.05, 3.63) is 95.0 Å². The number of halogens is 1. The van der Waals surface area contributed by atoms with Gasteiger partial charge in [-0.25, -0.2) is 8.42 Å². The molecule has 8 heteroatoms. The maximum absolute atomic E-state index is 13.2. The Kier molecular flexibility index (Phi) is 8.49. The maximum atomic E-state index is 13.2. The van der Waals surface area contributed by atoms with Crippen molar-refractivity contribution in [1.82, 2.24) is 9.21 Å². The van der Waals surface area contributed by atoms with Gasteiger partial charge >= 0.3 is 0 Å². The lowest BCUT2D eigenvalue weighted by Gasteiger charge is -2.26. The van der Waals surface area contributed by atoms with Gasteiger partial charge in [-0.3, -0.25) is 4.79 Å². The van der Waals surface area contributed by atoms with Crippen LogP contribution < -0.4 is 4.74 Å². The molecule has 6 nitrogen and oxygen atoms in total. The highest BCUT2D eigenvalue weighted by Gasteiger charge is 2.26. The third kappa shape index (κ3) is 6.57. The number of amides is 1. The molecule has 0 radical (unpaired) electrons. The lowest BCUT2D eigenvalue weighted by molar-refractivity contribution is -0.132. The summed E-state index contributed by atoms with van der Waals surface area (Å²) in [4.78, 5) is 14.9. The molecule has 0 saturated heterocycles.